The minimum Gasteiger partial charge on any atom is -0.497 e. The van der Waals surface area contributed by atoms with E-state index in [0.29, 0.717) is 0 Å². The Bertz CT molecular complexity index is 284. The van der Waals surface area contributed by atoms with Gasteiger partial charge in [0.1, 0.15) is 5.75 Å². The van der Waals surface area contributed by atoms with Crippen molar-refractivity contribution in [2.45, 2.75) is 12.5 Å². The number of aliphatic hydroxyl groups is 1. The number of hydrogen-bond donors (Lipinski definition) is 2. The molecule has 3 heteroatoms. The average molecular weight is 181 g/mol. The second-order valence-corrected chi connectivity index (χ2v) is 3.31. The number of rotatable bonds is 3. The first-order valence-corrected chi connectivity index (χ1v) is 4.14. The predicted octanol–water partition coefficient (Wildman–Crippen LogP) is 0.861. The SMILES string of the molecule is COc1cccc(C(C)(N)CO)c1. The van der Waals surface area contributed by atoms with E-state index >= 15 is 0 Å². The number of methoxy groups -OCH3 is 1. The number of nitrogens with two attached hydrogens (primary N) is 1. The first-order valence-electron chi connectivity index (χ1n) is 4.14. The molecule has 0 amide bonds. The van der Waals surface area contributed by atoms with Crippen LogP contribution in [0.25, 0.3) is 0 Å². The van der Waals surface area contributed by atoms with Gasteiger partial charge >= 0.3 is 0 Å². The Morgan fingerprint density at radius 1 is 1.54 bits per heavy atom. The molecule has 0 aromatic heterocycles. The molecule has 3 nitrogen and oxygen atoms in total. The minimum atomic E-state index is -0.700. The maximum atomic E-state index is 9.05. The van der Waals surface area contributed by atoms with Crippen LogP contribution in [-0.4, -0.2) is 18.8 Å². The molecular weight excluding hydrogens is 166 g/mol. The van der Waals surface area contributed by atoms with Gasteiger partial charge in [-0.25, -0.2) is 0 Å². The zero-order valence-corrected chi connectivity index (χ0v) is 7.95. The van der Waals surface area contributed by atoms with Crippen molar-refractivity contribution in [3.63, 3.8) is 0 Å². The largest absolute Gasteiger partial charge is 0.497 e. The molecule has 72 valence electrons. The molecule has 0 aliphatic heterocycles. The highest BCUT2D eigenvalue weighted by Crippen LogP contribution is 2.21. The lowest BCUT2D eigenvalue weighted by molar-refractivity contribution is 0.210. The first-order chi connectivity index (χ1) is 6.10. The third kappa shape index (κ3) is 2.20. The Hall–Kier alpha value is -1.06. The van der Waals surface area contributed by atoms with Crippen LogP contribution in [-0.2, 0) is 5.54 Å². The average Bonchev–Trinajstić information content (AvgIpc) is 2.18. The van der Waals surface area contributed by atoms with E-state index in [4.69, 9.17) is 15.6 Å². The van der Waals surface area contributed by atoms with E-state index in [0.717, 1.165) is 11.3 Å². The van der Waals surface area contributed by atoms with Gasteiger partial charge in [0.05, 0.1) is 19.3 Å². The summed E-state index contributed by atoms with van der Waals surface area (Å²) < 4.78 is 5.06. The summed E-state index contributed by atoms with van der Waals surface area (Å²) in [7, 11) is 1.60. The zero-order valence-electron chi connectivity index (χ0n) is 7.95. The quantitative estimate of drug-likeness (QED) is 0.727. The molecule has 1 unspecified atom stereocenters. The van der Waals surface area contributed by atoms with Gasteiger partial charge in [-0.15, -0.1) is 0 Å². The Morgan fingerprint density at radius 3 is 2.77 bits per heavy atom. The summed E-state index contributed by atoms with van der Waals surface area (Å²) in [6.07, 6.45) is 0. The smallest absolute Gasteiger partial charge is 0.119 e. The van der Waals surface area contributed by atoms with Gasteiger partial charge in [-0.05, 0) is 24.6 Å². The van der Waals surface area contributed by atoms with Gasteiger partial charge in [-0.2, -0.15) is 0 Å². The van der Waals surface area contributed by atoms with E-state index in [1.54, 1.807) is 14.0 Å². The topological polar surface area (TPSA) is 55.5 Å². The van der Waals surface area contributed by atoms with Crippen molar-refractivity contribution in [1.82, 2.24) is 0 Å². The summed E-state index contributed by atoms with van der Waals surface area (Å²) in [5.74, 6) is 0.752. The van der Waals surface area contributed by atoms with Crippen LogP contribution in [0, 0.1) is 0 Å². The number of hydrogen-bond acceptors (Lipinski definition) is 3. The van der Waals surface area contributed by atoms with Gasteiger partial charge in [0.15, 0.2) is 0 Å². The predicted molar refractivity (Wildman–Crippen MR) is 51.6 cm³/mol. The van der Waals surface area contributed by atoms with Crippen molar-refractivity contribution in [2.75, 3.05) is 13.7 Å². The molecule has 0 bridgehead atoms. The summed E-state index contributed by atoms with van der Waals surface area (Å²) in [5.41, 5.74) is 6.03. The summed E-state index contributed by atoms with van der Waals surface area (Å²) in [4.78, 5) is 0. The van der Waals surface area contributed by atoms with E-state index < -0.39 is 5.54 Å². The monoisotopic (exact) mass is 181 g/mol. The lowest BCUT2D eigenvalue weighted by atomic mass is 9.94. The lowest BCUT2D eigenvalue weighted by Crippen LogP contribution is -2.36. The molecule has 13 heavy (non-hydrogen) atoms. The second-order valence-electron chi connectivity index (χ2n) is 3.31. The number of benzene rings is 1. The van der Waals surface area contributed by atoms with Crippen LogP contribution < -0.4 is 10.5 Å². The van der Waals surface area contributed by atoms with Crippen molar-refractivity contribution in [3.8, 4) is 5.75 Å². The highest BCUT2D eigenvalue weighted by atomic mass is 16.5. The molecule has 0 aliphatic rings. The zero-order chi connectivity index (χ0) is 9.90. The van der Waals surface area contributed by atoms with Crippen LogP contribution in [0.15, 0.2) is 24.3 Å². The van der Waals surface area contributed by atoms with Gasteiger partial charge in [-0.3, -0.25) is 0 Å². The first kappa shape index (κ1) is 10.0. The van der Waals surface area contributed by atoms with Crippen LogP contribution in [0.5, 0.6) is 5.75 Å². The molecular formula is C10H15NO2. The Labute approximate surface area is 78.1 Å². The summed E-state index contributed by atoms with van der Waals surface area (Å²) >= 11 is 0. The molecule has 1 aromatic carbocycles. The molecule has 0 saturated carbocycles. The van der Waals surface area contributed by atoms with Crippen LogP contribution >= 0.6 is 0 Å². The van der Waals surface area contributed by atoms with Gasteiger partial charge in [-0.1, -0.05) is 12.1 Å². The second kappa shape index (κ2) is 3.77. The van der Waals surface area contributed by atoms with Crippen molar-refractivity contribution in [1.29, 1.82) is 0 Å². The van der Waals surface area contributed by atoms with Gasteiger partial charge in [0.2, 0.25) is 0 Å². The van der Waals surface area contributed by atoms with Gasteiger partial charge < -0.3 is 15.6 Å². The van der Waals surface area contributed by atoms with Crippen LogP contribution in [0.3, 0.4) is 0 Å². The minimum absolute atomic E-state index is 0.0832. The fourth-order valence-corrected chi connectivity index (χ4v) is 1.07. The molecule has 0 spiro atoms. The molecule has 1 rings (SSSR count). The van der Waals surface area contributed by atoms with E-state index in [9.17, 15) is 0 Å². The van der Waals surface area contributed by atoms with Crippen LogP contribution in [0.2, 0.25) is 0 Å². The third-order valence-electron chi connectivity index (χ3n) is 2.06. The van der Waals surface area contributed by atoms with Crippen molar-refractivity contribution in [3.05, 3.63) is 29.8 Å². The van der Waals surface area contributed by atoms with Crippen molar-refractivity contribution < 1.29 is 9.84 Å². The van der Waals surface area contributed by atoms with E-state index in [-0.39, 0.29) is 6.61 Å². The third-order valence-corrected chi connectivity index (χ3v) is 2.06. The molecule has 1 aromatic rings. The molecule has 0 fully saturated rings. The maximum absolute atomic E-state index is 9.05. The van der Waals surface area contributed by atoms with Gasteiger partial charge in [0, 0.05) is 0 Å². The summed E-state index contributed by atoms with van der Waals surface area (Å²) in [5, 5.41) is 9.05. The van der Waals surface area contributed by atoms with E-state index in [1.165, 1.54) is 0 Å². The number of aliphatic hydroxyl groups excluding tert-OH is 1. The molecule has 0 radical (unpaired) electrons. The molecule has 0 aliphatic carbocycles. The summed E-state index contributed by atoms with van der Waals surface area (Å²) in [6, 6.07) is 7.40. The lowest BCUT2D eigenvalue weighted by Gasteiger charge is -2.22. The fraction of sp³-hybridized carbons (Fsp3) is 0.400. The molecule has 3 N–H and O–H groups in total. The van der Waals surface area contributed by atoms with E-state index in [1.807, 2.05) is 24.3 Å². The Balaban J connectivity index is 3.01. The molecule has 0 saturated heterocycles. The van der Waals surface area contributed by atoms with Crippen molar-refractivity contribution in [2.24, 2.45) is 5.73 Å². The molecule has 1 atom stereocenters. The number of ether oxygens (including phenoxy) is 1. The van der Waals surface area contributed by atoms with Gasteiger partial charge in [0.25, 0.3) is 0 Å². The van der Waals surface area contributed by atoms with Crippen LogP contribution in [0.4, 0.5) is 0 Å². The van der Waals surface area contributed by atoms with E-state index in [2.05, 4.69) is 0 Å². The summed E-state index contributed by atoms with van der Waals surface area (Å²) in [6.45, 7) is 1.70. The standard InChI is InChI=1S/C10H15NO2/c1-10(11,7-12)8-4-3-5-9(6-8)13-2/h3-6,12H,7,11H2,1-2H3. The Morgan fingerprint density at radius 2 is 2.23 bits per heavy atom. The fourth-order valence-electron chi connectivity index (χ4n) is 1.07. The normalized spacial score (nSPS) is 15.1. The molecule has 0 heterocycles. The maximum Gasteiger partial charge on any atom is 0.119 e. The highest BCUT2D eigenvalue weighted by molar-refractivity contribution is 5.32. The highest BCUT2D eigenvalue weighted by Gasteiger charge is 2.19. The van der Waals surface area contributed by atoms with Crippen LogP contribution in [0.1, 0.15) is 12.5 Å². The Kier molecular flexibility index (Phi) is 2.90. The van der Waals surface area contributed by atoms with Crippen molar-refractivity contribution >= 4 is 0 Å².